The van der Waals surface area contributed by atoms with Gasteiger partial charge in [-0.1, -0.05) is 42.5 Å². The summed E-state index contributed by atoms with van der Waals surface area (Å²) in [6.45, 7) is -0.776. The van der Waals surface area contributed by atoms with Gasteiger partial charge in [-0.15, -0.1) is 0 Å². The fourth-order valence-electron chi connectivity index (χ4n) is 3.18. The Morgan fingerprint density at radius 1 is 0.897 bits per heavy atom. The standard InChI is InChI=1S/C22H22O7/c1-27-18-13-12-17(28-20(24)15-8-4-2-5-9-15)19(22(18,26)14-23)29-21(25)16-10-6-3-7-11-16/h2-13,17-19,23,26H,14H2,1H3. The van der Waals surface area contributed by atoms with E-state index in [1.165, 1.54) is 19.3 Å². The first-order chi connectivity index (χ1) is 14.0. The number of aliphatic hydroxyl groups excluding tert-OH is 1. The van der Waals surface area contributed by atoms with Crippen LogP contribution in [-0.2, 0) is 14.2 Å². The summed E-state index contributed by atoms with van der Waals surface area (Å²) in [7, 11) is 1.35. The van der Waals surface area contributed by atoms with Crippen LogP contribution in [0, 0.1) is 0 Å². The molecule has 4 unspecified atom stereocenters. The molecule has 29 heavy (non-hydrogen) atoms. The summed E-state index contributed by atoms with van der Waals surface area (Å²) in [5.74, 6) is -1.38. The molecule has 1 aliphatic carbocycles. The number of methoxy groups -OCH3 is 1. The van der Waals surface area contributed by atoms with Gasteiger partial charge in [0.2, 0.25) is 0 Å². The smallest absolute Gasteiger partial charge is 0.338 e. The fourth-order valence-corrected chi connectivity index (χ4v) is 3.18. The van der Waals surface area contributed by atoms with E-state index in [-0.39, 0.29) is 5.56 Å². The molecule has 0 heterocycles. The van der Waals surface area contributed by atoms with Gasteiger partial charge in [0.05, 0.1) is 17.7 Å². The van der Waals surface area contributed by atoms with Crippen LogP contribution in [0.1, 0.15) is 20.7 Å². The second-order valence-corrected chi connectivity index (χ2v) is 6.62. The van der Waals surface area contributed by atoms with Crippen molar-refractivity contribution in [2.45, 2.75) is 23.9 Å². The molecular formula is C22H22O7. The molecule has 0 aliphatic heterocycles. The van der Waals surface area contributed by atoms with Crippen LogP contribution in [0.3, 0.4) is 0 Å². The zero-order valence-corrected chi connectivity index (χ0v) is 15.8. The van der Waals surface area contributed by atoms with Gasteiger partial charge in [0.25, 0.3) is 0 Å². The Kier molecular flexibility index (Phi) is 6.43. The van der Waals surface area contributed by atoms with Gasteiger partial charge in [0, 0.05) is 7.11 Å². The third kappa shape index (κ3) is 4.37. The molecule has 0 fully saturated rings. The van der Waals surface area contributed by atoms with Crippen LogP contribution in [-0.4, -0.2) is 59.8 Å². The van der Waals surface area contributed by atoms with Crippen LogP contribution in [0.5, 0.6) is 0 Å². The Hall–Kier alpha value is -3.00. The van der Waals surface area contributed by atoms with Crippen molar-refractivity contribution >= 4 is 11.9 Å². The highest BCUT2D eigenvalue weighted by Crippen LogP contribution is 2.31. The average molecular weight is 398 g/mol. The summed E-state index contributed by atoms with van der Waals surface area (Å²) in [4.78, 5) is 25.1. The minimum Gasteiger partial charge on any atom is -0.451 e. The minimum absolute atomic E-state index is 0.254. The highest BCUT2D eigenvalue weighted by molar-refractivity contribution is 5.90. The SMILES string of the molecule is COC1C=CC(OC(=O)c2ccccc2)C(OC(=O)c2ccccc2)C1(O)CO. The molecule has 2 aromatic rings. The van der Waals surface area contributed by atoms with E-state index >= 15 is 0 Å². The van der Waals surface area contributed by atoms with E-state index in [0.29, 0.717) is 5.56 Å². The summed E-state index contributed by atoms with van der Waals surface area (Å²) >= 11 is 0. The average Bonchev–Trinajstić information content (AvgIpc) is 2.77. The molecule has 2 aromatic carbocycles. The maximum atomic E-state index is 12.6. The first-order valence-corrected chi connectivity index (χ1v) is 9.06. The second kappa shape index (κ2) is 9.00. The van der Waals surface area contributed by atoms with E-state index in [9.17, 15) is 19.8 Å². The first kappa shape index (κ1) is 20.7. The zero-order chi connectivity index (χ0) is 20.9. The van der Waals surface area contributed by atoms with E-state index in [0.717, 1.165) is 0 Å². The lowest BCUT2D eigenvalue weighted by molar-refractivity contribution is -0.190. The van der Waals surface area contributed by atoms with Crippen molar-refractivity contribution in [3.8, 4) is 0 Å². The number of rotatable bonds is 6. The lowest BCUT2D eigenvalue weighted by Gasteiger charge is -2.43. The predicted molar refractivity (Wildman–Crippen MR) is 103 cm³/mol. The zero-order valence-electron chi connectivity index (χ0n) is 15.8. The van der Waals surface area contributed by atoms with Gasteiger partial charge < -0.3 is 24.4 Å². The molecule has 7 heteroatoms. The van der Waals surface area contributed by atoms with Crippen LogP contribution < -0.4 is 0 Å². The maximum absolute atomic E-state index is 12.6. The van der Waals surface area contributed by atoms with Crippen molar-refractivity contribution in [3.63, 3.8) is 0 Å². The number of ether oxygens (including phenoxy) is 3. The van der Waals surface area contributed by atoms with Crippen molar-refractivity contribution < 1.29 is 34.0 Å². The molecule has 4 atom stereocenters. The lowest BCUT2D eigenvalue weighted by Crippen LogP contribution is -2.63. The molecule has 0 bridgehead atoms. The molecule has 3 rings (SSSR count). The Morgan fingerprint density at radius 2 is 1.41 bits per heavy atom. The number of benzene rings is 2. The van der Waals surface area contributed by atoms with Crippen LogP contribution >= 0.6 is 0 Å². The molecule has 2 N–H and O–H groups in total. The summed E-state index contributed by atoms with van der Waals surface area (Å²) in [6, 6.07) is 16.5. The molecule has 0 aromatic heterocycles. The molecule has 7 nitrogen and oxygen atoms in total. The summed E-state index contributed by atoms with van der Waals surface area (Å²) < 4.78 is 16.2. The van der Waals surface area contributed by atoms with Gasteiger partial charge in [-0.05, 0) is 30.3 Å². The second-order valence-electron chi connectivity index (χ2n) is 6.62. The fraction of sp³-hybridized carbons (Fsp3) is 0.273. The lowest BCUT2D eigenvalue weighted by atomic mass is 9.82. The summed E-state index contributed by atoms with van der Waals surface area (Å²) in [6.07, 6.45) is -0.539. The normalized spacial score (nSPS) is 26.0. The van der Waals surface area contributed by atoms with Gasteiger partial charge in [-0.2, -0.15) is 0 Å². The third-order valence-electron chi connectivity index (χ3n) is 4.76. The molecule has 0 amide bonds. The summed E-state index contributed by atoms with van der Waals surface area (Å²) in [5, 5.41) is 20.9. The van der Waals surface area contributed by atoms with E-state index in [1.54, 1.807) is 60.7 Å². The molecule has 1 aliphatic rings. The van der Waals surface area contributed by atoms with Gasteiger partial charge in [0.15, 0.2) is 17.8 Å². The largest absolute Gasteiger partial charge is 0.451 e. The Labute approximate surface area is 168 Å². The Bertz CT molecular complexity index is 865. The molecule has 0 saturated carbocycles. The van der Waals surface area contributed by atoms with Crippen LogP contribution in [0.2, 0.25) is 0 Å². The maximum Gasteiger partial charge on any atom is 0.338 e. The number of carbonyl (C=O) groups is 2. The van der Waals surface area contributed by atoms with Crippen LogP contribution in [0.15, 0.2) is 72.8 Å². The molecule has 152 valence electrons. The van der Waals surface area contributed by atoms with E-state index in [1.807, 2.05) is 0 Å². The van der Waals surface area contributed by atoms with Crippen molar-refractivity contribution in [2.75, 3.05) is 13.7 Å². The summed E-state index contributed by atoms with van der Waals surface area (Å²) in [5.41, 5.74) is -1.45. The predicted octanol–water partition coefficient (Wildman–Crippen LogP) is 1.75. The highest BCUT2D eigenvalue weighted by atomic mass is 16.6. The Morgan fingerprint density at radius 3 is 1.90 bits per heavy atom. The van der Waals surface area contributed by atoms with Crippen molar-refractivity contribution in [1.82, 2.24) is 0 Å². The molecule has 0 saturated heterocycles. The van der Waals surface area contributed by atoms with E-state index in [2.05, 4.69) is 0 Å². The van der Waals surface area contributed by atoms with E-state index < -0.39 is 42.5 Å². The number of aliphatic hydroxyl groups is 2. The van der Waals surface area contributed by atoms with Crippen molar-refractivity contribution in [3.05, 3.63) is 83.9 Å². The minimum atomic E-state index is -2.00. The number of hydrogen-bond donors (Lipinski definition) is 2. The third-order valence-corrected chi connectivity index (χ3v) is 4.76. The molecule has 0 spiro atoms. The Balaban J connectivity index is 1.89. The highest BCUT2D eigenvalue weighted by Gasteiger charge is 2.53. The topological polar surface area (TPSA) is 102 Å². The monoisotopic (exact) mass is 398 g/mol. The molecule has 0 radical (unpaired) electrons. The van der Waals surface area contributed by atoms with Gasteiger partial charge in [-0.25, -0.2) is 9.59 Å². The quantitative estimate of drug-likeness (QED) is 0.564. The first-order valence-electron chi connectivity index (χ1n) is 9.06. The van der Waals surface area contributed by atoms with Gasteiger partial charge >= 0.3 is 11.9 Å². The number of carbonyl (C=O) groups excluding carboxylic acids is 2. The number of esters is 2. The van der Waals surface area contributed by atoms with Crippen molar-refractivity contribution in [1.29, 1.82) is 0 Å². The van der Waals surface area contributed by atoms with Gasteiger partial charge in [-0.3, -0.25) is 0 Å². The molecular weight excluding hydrogens is 376 g/mol. The van der Waals surface area contributed by atoms with Gasteiger partial charge in [0.1, 0.15) is 6.10 Å². The van der Waals surface area contributed by atoms with Crippen LogP contribution in [0.25, 0.3) is 0 Å². The van der Waals surface area contributed by atoms with E-state index in [4.69, 9.17) is 14.2 Å². The van der Waals surface area contributed by atoms with Crippen LogP contribution in [0.4, 0.5) is 0 Å². The number of hydrogen-bond acceptors (Lipinski definition) is 7. The van der Waals surface area contributed by atoms with Crippen molar-refractivity contribution in [2.24, 2.45) is 0 Å².